The van der Waals surface area contributed by atoms with Gasteiger partial charge in [-0.25, -0.2) is 0 Å². The van der Waals surface area contributed by atoms with Crippen LogP contribution in [-0.4, -0.2) is 31.6 Å². The molecule has 0 spiro atoms. The number of esters is 1. The van der Waals surface area contributed by atoms with Crippen molar-refractivity contribution in [3.8, 4) is 6.07 Å². The number of nitrogens with zero attached hydrogens (tertiary/aromatic N) is 1. The van der Waals surface area contributed by atoms with Gasteiger partial charge in [-0.15, -0.1) is 0 Å². The molecule has 0 radical (unpaired) electrons. The summed E-state index contributed by atoms with van der Waals surface area (Å²) in [7, 11) is 0. The quantitative estimate of drug-likeness (QED) is 0.353. The Hall–Kier alpha value is -1.41. The van der Waals surface area contributed by atoms with E-state index in [9.17, 15) is 9.59 Å². The second kappa shape index (κ2) is 7.94. The van der Waals surface area contributed by atoms with E-state index < -0.39 is 17.7 Å². The van der Waals surface area contributed by atoms with E-state index in [4.69, 9.17) is 14.7 Å². The van der Waals surface area contributed by atoms with Crippen LogP contribution in [0.3, 0.4) is 0 Å². The molecule has 5 heteroatoms. The van der Waals surface area contributed by atoms with Crippen LogP contribution in [0, 0.1) is 17.2 Å². The van der Waals surface area contributed by atoms with Gasteiger partial charge in [0.05, 0.1) is 12.7 Å². The van der Waals surface area contributed by atoms with E-state index in [2.05, 4.69) is 0 Å². The standard InChI is InChI=1S/C10H15NO4/c1-3-9(12)8(7-11)10(13)15-6-5-14-4-2/h8H,3-6H2,1-2H3. The molecule has 0 aromatic heterocycles. The van der Waals surface area contributed by atoms with Gasteiger partial charge in [0.2, 0.25) is 5.92 Å². The maximum atomic E-state index is 11.2. The summed E-state index contributed by atoms with van der Waals surface area (Å²) < 4.78 is 9.65. The molecule has 1 atom stereocenters. The molecule has 84 valence electrons. The van der Waals surface area contributed by atoms with Crippen LogP contribution < -0.4 is 0 Å². The van der Waals surface area contributed by atoms with Crippen LogP contribution in [0.4, 0.5) is 0 Å². The number of hydrogen-bond donors (Lipinski definition) is 0. The zero-order chi connectivity index (χ0) is 11.7. The third-order valence-electron chi connectivity index (χ3n) is 1.71. The highest BCUT2D eigenvalue weighted by Gasteiger charge is 2.26. The highest BCUT2D eigenvalue weighted by atomic mass is 16.6. The van der Waals surface area contributed by atoms with Gasteiger partial charge in [-0.05, 0) is 6.92 Å². The van der Waals surface area contributed by atoms with Crippen LogP contribution in [0.25, 0.3) is 0 Å². The van der Waals surface area contributed by atoms with E-state index in [0.29, 0.717) is 6.61 Å². The number of Topliss-reactive ketones (excluding diaryl/α,β-unsaturated/α-hetero) is 1. The van der Waals surface area contributed by atoms with Gasteiger partial charge in [-0.3, -0.25) is 9.59 Å². The van der Waals surface area contributed by atoms with Crippen LogP contribution in [0.2, 0.25) is 0 Å². The summed E-state index contributed by atoms with van der Waals surface area (Å²) in [5.74, 6) is -2.50. The van der Waals surface area contributed by atoms with Crippen molar-refractivity contribution in [1.29, 1.82) is 5.26 Å². The Bertz CT molecular complexity index is 257. The molecule has 0 fully saturated rings. The summed E-state index contributed by atoms with van der Waals surface area (Å²) in [4.78, 5) is 22.3. The van der Waals surface area contributed by atoms with Crippen molar-refractivity contribution in [1.82, 2.24) is 0 Å². The zero-order valence-electron chi connectivity index (χ0n) is 8.99. The summed E-state index contributed by atoms with van der Waals surface area (Å²) in [5, 5.41) is 8.60. The molecule has 0 heterocycles. The fraction of sp³-hybridized carbons (Fsp3) is 0.700. The first-order valence-corrected chi connectivity index (χ1v) is 4.84. The third-order valence-corrected chi connectivity index (χ3v) is 1.71. The second-order valence-electron chi connectivity index (χ2n) is 2.75. The minimum Gasteiger partial charge on any atom is -0.462 e. The molecular formula is C10H15NO4. The summed E-state index contributed by atoms with van der Waals surface area (Å²) in [6.07, 6.45) is 0.152. The van der Waals surface area contributed by atoms with Gasteiger partial charge in [0, 0.05) is 13.0 Å². The molecule has 0 aliphatic heterocycles. The molecule has 0 N–H and O–H groups in total. The van der Waals surface area contributed by atoms with Crippen molar-refractivity contribution in [2.75, 3.05) is 19.8 Å². The molecule has 0 saturated carbocycles. The Balaban J connectivity index is 3.96. The molecule has 15 heavy (non-hydrogen) atoms. The molecule has 0 aromatic carbocycles. The average molecular weight is 213 g/mol. The van der Waals surface area contributed by atoms with Crippen LogP contribution in [0.15, 0.2) is 0 Å². The van der Waals surface area contributed by atoms with E-state index in [1.54, 1.807) is 13.0 Å². The molecule has 0 aliphatic carbocycles. The largest absolute Gasteiger partial charge is 0.462 e. The first-order valence-electron chi connectivity index (χ1n) is 4.84. The van der Waals surface area contributed by atoms with Crippen molar-refractivity contribution in [3.05, 3.63) is 0 Å². The molecule has 0 aliphatic rings. The number of carbonyl (C=O) groups is 2. The van der Waals surface area contributed by atoms with Crippen LogP contribution >= 0.6 is 0 Å². The van der Waals surface area contributed by atoms with E-state index >= 15 is 0 Å². The predicted molar refractivity (Wildman–Crippen MR) is 51.9 cm³/mol. The zero-order valence-corrected chi connectivity index (χ0v) is 8.99. The number of rotatable bonds is 7. The van der Waals surface area contributed by atoms with Gasteiger partial charge >= 0.3 is 5.97 Å². The molecule has 0 amide bonds. The third kappa shape index (κ3) is 5.13. The lowest BCUT2D eigenvalue weighted by Crippen LogP contribution is -2.25. The highest BCUT2D eigenvalue weighted by Crippen LogP contribution is 2.03. The van der Waals surface area contributed by atoms with E-state index in [-0.39, 0.29) is 19.6 Å². The Morgan fingerprint density at radius 1 is 1.33 bits per heavy atom. The van der Waals surface area contributed by atoms with Gasteiger partial charge in [-0.2, -0.15) is 5.26 Å². The van der Waals surface area contributed by atoms with Crippen LogP contribution in [-0.2, 0) is 19.1 Å². The van der Waals surface area contributed by atoms with E-state index in [0.717, 1.165) is 0 Å². The number of hydrogen-bond acceptors (Lipinski definition) is 5. The number of carbonyl (C=O) groups excluding carboxylic acids is 2. The maximum Gasteiger partial charge on any atom is 0.331 e. The van der Waals surface area contributed by atoms with Gasteiger partial charge in [0.25, 0.3) is 0 Å². The maximum absolute atomic E-state index is 11.2. The molecule has 0 rings (SSSR count). The summed E-state index contributed by atoms with van der Waals surface area (Å²) >= 11 is 0. The SMILES string of the molecule is CCOCCOC(=O)C(C#N)C(=O)CC. The Kier molecular flexibility index (Phi) is 7.20. The van der Waals surface area contributed by atoms with E-state index in [1.165, 1.54) is 0 Å². The molecule has 5 nitrogen and oxygen atoms in total. The number of nitriles is 1. The smallest absolute Gasteiger partial charge is 0.331 e. The fourth-order valence-electron chi connectivity index (χ4n) is 0.889. The Morgan fingerprint density at radius 3 is 2.47 bits per heavy atom. The molecule has 0 bridgehead atoms. The monoisotopic (exact) mass is 213 g/mol. The average Bonchev–Trinajstić information content (AvgIpc) is 2.25. The van der Waals surface area contributed by atoms with Gasteiger partial charge in [0.1, 0.15) is 6.61 Å². The number of ketones is 1. The van der Waals surface area contributed by atoms with Crippen molar-refractivity contribution in [3.63, 3.8) is 0 Å². The topological polar surface area (TPSA) is 76.4 Å². The van der Waals surface area contributed by atoms with Gasteiger partial charge in [0.15, 0.2) is 5.78 Å². The summed E-state index contributed by atoms with van der Waals surface area (Å²) in [6, 6.07) is 1.63. The van der Waals surface area contributed by atoms with Crippen molar-refractivity contribution in [2.24, 2.45) is 5.92 Å². The molecular weight excluding hydrogens is 198 g/mol. The minimum absolute atomic E-state index is 0.0713. The van der Waals surface area contributed by atoms with E-state index in [1.807, 2.05) is 6.92 Å². The lowest BCUT2D eigenvalue weighted by molar-refractivity contribution is -0.150. The van der Waals surface area contributed by atoms with Crippen molar-refractivity contribution < 1.29 is 19.1 Å². The van der Waals surface area contributed by atoms with Gasteiger partial charge < -0.3 is 9.47 Å². The normalized spacial score (nSPS) is 11.5. The number of ether oxygens (including phenoxy) is 2. The fourth-order valence-corrected chi connectivity index (χ4v) is 0.889. The Morgan fingerprint density at radius 2 is 2.00 bits per heavy atom. The first kappa shape index (κ1) is 13.6. The van der Waals surface area contributed by atoms with Gasteiger partial charge in [-0.1, -0.05) is 6.92 Å². The van der Waals surface area contributed by atoms with Crippen LogP contribution in [0.5, 0.6) is 0 Å². The first-order chi connectivity index (χ1) is 7.17. The molecule has 0 aromatic rings. The summed E-state index contributed by atoms with van der Waals surface area (Å²) in [5.41, 5.74) is 0. The lowest BCUT2D eigenvalue weighted by atomic mass is 10.0. The lowest BCUT2D eigenvalue weighted by Gasteiger charge is -2.07. The Labute approximate surface area is 89.0 Å². The molecule has 1 unspecified atom stereocenters. The molecule has 0 saturated heterocycles. The minimum atomic E-state index is -1.29. The van der Waals surface area contributed by atoms with Crippen LogP contribution in [0.1, 0.15) is 20.3 Å². The highest BCUT2D eigenvalue weighted by molar-refractivity contribution is 6.01. The second-order valence-corrected chi connectivity index (χ2v) is 2.75. The predicted octanol–water partition coefficient (Wildman–Crippen LogP) is 0.685. The summed E-state index contributed by atoms with van der Waals surface area (Å²) in [6.45, 7) is 4.30. The van der Waals surface area contributed by atoms with Crippen molar-refractivity contribution in [2.45, 2.75) is 20.3 Å². The van der Waals surface area contributed by atoms with Crippen molar-refractivity contribution >= 4 is 11.8 Å².